The molecule has 4 amide bonds. The van der Waals surface area contributed by atoms with Crippen LogP contribution in [0.15, 0.2) is 36.4 Å². The monoisotopic (exact) mass is 762 g/mol. The highest BCUT2D eigenvalue weighted by molar-refractivity contribution is 7.95. The number of hydrogen-bond donors (Lipinski definition) is 2. The molecule has 0 saturated carbocycles. The molecule has 4 heterocycles. The standard InChI is InChI=1S/C34H50N8O8S2/c1-20(2)24-17-22-13-15-26(24)35-28(37(5)6)19-34(49-32(45)41(11)51-39(9)30(43)47-22)29(38(7)8)36-27-16-14-23(18-25(27)21(3)4)48-31(44)40(10)52-42(12)33(46)50-34/h13-18,20-21,28-29,35-36H,19H2,1-12H3. The highest BCUT2D eigenvalue weighted by Gasteiger charge is 2.52. The predicted molar refractivity (Wildman–Crippen MR) is 202 cm³/mol. The van der Waals surface area contributed by atoms with Crippen LogP contribution < -0.4 is 20.1 Å². The third-order valence-electron chi connectivity index (χ3n) is 8.39. The average Bonchev–Trinajstić information content (AvgIpc) is 3.06. The summed E-state index contributed by atoms with van der Waals surface area (Å²) in [5, 5.41) is 7.08. The van der Waals surface area contributed by atoms with Crippen LogP contribution in [0, 0.1) is 0 Å². The minimum absolute atomic E-state index is 0.0137. The van der Waals surface area contributed by atoms with Crippen molar-refractivity contribution in [3.8, 4) is 11.5 Å². The Kier molecular flexibility index (Phi) is 12.9. The molecular formula is C34H50N8O8S2. The molecule has 4 bridgehead atoms. The van der Waals surface area contributed by atoms with E-state index in [9.17, 15) is 19.2 Å². The van der Waals surface area contributed by atoms with E-state index in [4.69, 9.17) is 18.9 Å². The Bertz CT molecular complexity index is 1650. The van der Waals surface area contributed by atoms with E-state index in [1.54, 1.807) is 49.3 Å². The Labute approximate surface area is 314 Å². The molecule has 0 aliphatic carbocycles. The number of fused-ring (bicyclic) bond motifs is 19. The molecule has 0 radical (unpaired) electrons. The summed E-state index contributed by atoms with van der Waals surface area (Å²) < 4.78 is 28.6. The van der Waals surface area contributed by atoms with E-state index in [0.29, 0.717) is 17.2 Å². The maximum absolute atomic E-state index is 14.2. The van der Waals surface area contributed by atoms with Crippen LogP contribution >= 0.6 is 24.3 Å². The first-order chi connectivity index (χ1) is 24.3. The molecule has 1 spiro atoms. The summed E-state index contributed by atoms with van der Waals surface area (Å²) in [7, 11) is 13.0. The highest BCUT2D eigenvalue weighted by Crippen LogP contribution is 2.38. The van der Waals surface area contributed by atoms with E-state index in [-0.39, 0.29) is 18.3 Å². The summed E-state index contributed by atoms with van der Waals surface area (Å²) in [6.45, 7) is 8.03. The van der Waals surface area contributed by atoms with Gasteiger partial charge in [0.15, 0.2) is 6.17 Å². The molecule has 2 aromatic carbocycles. The largest absolute Gasteiger partial charge is 0.426 e. The lowest BCUT2D eigenvalue weighted by Gasteiger charge is -2.45. The Morgan fingerprint density at radius 1 is 0.654 bits per heavy atom. The fourth-order valence-electron chi connectivity index (χ4n) is 5.60. The Balaban J connectivity index is 2.00. The SMILES string of the molecule is CC(C)c1cc2ccc1NC(N(C)C)CC1(OC(=O)N(C)SN(C)C(=O)O2)OC(=O)N(C)SN(C)C(=O)Oc2ccc(c(C(C)C)c2)NC1N(C)C. The van der Waals surface area contributed by atoms with Crippen molar-refractivity contribution < 1.29 is 38.1 Å². The number of nitrogens with one attached hydrogen (secondary N) is 2. The molecule has 52 heavy (non-hydrogen) atoms. The number of hydrogen-bond acceptors (Lipinski definition) is 14. The van der Waals surface area contributed by atoms with Crippen LogP contribution in [0.4, 0.5) is 30.6 Å². The molecule has 3 unspecified atom stereocenters. The molecule has 286 valence electrons. The molecule has 4 aliphatic rings. The van der Waals surface area contributed by atoms with Gasteiger partial charge in [-0.25, -0.2) is 36.4 Å². The zero-order valence-electron chi connectivity index (χ0n) is 31.7. The van der Waals surface area contributed by atoms with E-state index in [2.05, 4.69) is 10.6 Å². The number of rotatable bonds is 4. The quantitative estimate of drug-likeness (QED) is 0.328. The summed E-state index contributed by atoms with van der Waals surface area (Å²) in [6.07, 6.45) is -5.02. The van der Waals surface area contributed by atoms with E-state index in [0.717, 1.165) is 58.3 Å². The third kappa shape index (κ3) is 9.39. The van der Waals surface area contributed by atoms with Gasteiger partial charge in [0.05, 0.1) is 36.9 Å². The van der Waals surface area contributed by atoms with Gasteiger partial charge in [-0.3, -0.25) is 9.80 Å². The molecule has 2 N–H and O–H groups in total. The van der Waals surface area contributed by atoms with E-state index < -0.39 is 42.5 Å². The maximum Gasteiger partial charge on any atom is 0.426 e. The summed E-state index contributed by atoms with van der Waals surface area (Å²) in [5.41, 5.74) is 3.02. The fourth-order valence-corrected chi connectivity index (χ4v) is 6.75. The normalized spacial score (nSPS) is 22.5. The summed E-state index contributed by atoms with van der Waals surface area (Å²) in [6, 6.07) is 10.5. The summed E-state index contributed by atoms with van der Waals surface area (Å²) in [4.78, 5) is 58.2. The van der Waals surface area contributed by atoms with Gasteiger partial charge >= 0.3 is 24.4 Å². The van der Waals surface area contributed by atoms with Gasteiger partial charge in [-0.1, -0.05) is 27.7 Å². The minimum Gasteiger partial charge on any atom is -0.410 e. The number of anilines is 2. The van der Waals surface area contributed by atoms with Crippen LogP contribution in [0.5, 0.6) is 11.5 Å². The molecule has 6 rings (SSSR count). The molecule has 18 heteroatoms. The van der Waals surface area contributed by atoms with Gasteiger partial charge in [0, 0.05) is 39.6 Å². The van der Waals surface area contributed by atoms with Crippen LogP contribution in [-0.2, 0) is 9.47 Å². The lowest BCUT2D eigenvalue weighted by molar-refractivity contribution is -0.207. The van der Waals surface area contributed by atoms with Crippen LogP contribution in [0.2, 0.25) is 0 Å². The van der Waals surface area contributed by atoms with Crippen LogP contribution in [0.3, 0.4) is 0 Å². The summed E-state index contributed by atoms with van der Waals surface area (Å²) in [5.74, 6) is -1.47. The number of ether oxygens (including phenoxy) is 4. The van der Waals surface area contributed by atoms with Gasteiger partial charge in [-0.05, 0) is 87.6 Å². The van der Waals surface area contributed by atoms with Crippen LogP contribution in [-0.4, -0.2) is 126 Å². The van der Waals surface area contributed by atoms with Crippen molar-refractivity contribution in [3.63, 3.8) is 0 Å². The molecule has 4 aliphatic heterocycles. The zero-order chi connectivity index (χ0) is 38.7. The smallest absolute Gasteiger partial charge is 0.410 e. The number of likely N-dealkylation sites (N-methyl/N-ethyl adjacent to an activating group) is 1. The van der Waals surface area contributed by atoms with E-state index in [1.807, 2.05) is 52.8 Å². The van der Waals surface area contributed by atoms with Crippen molar-refractivity contribution in [3.05, 3.63) is 47.5 Å². The second-order valence-corrected chi connectivity index (χ2v) is 16.1. The Morgan fingerprint density at radius 2 is 1.06 bits per heavy atom. The van der Waals surface area contributed by atoms with E-state index in [1.165, 1.54) is 28.2 Å². The van der Waals surface area contributed by atoms with Crippen molar-refractivity contribution >= 4 is 60.0 Å². The first-order valence-electron chi connectivity index (χ1n) is 16.7. The maximum atomic E-state index is 14.2. The lowest BCUT2D eigenvalue weighted by Crippen LogP contribution is -2.63. The number of benzene rings is 2. The molecule has 2 aromatic rings. The van der Waals surface area contributed by atoms with Gasteiger partial charge in [0.2, 0.25) is 0 Å². The number of nitrogens with zero attached hydrogens (tertiary/aromatic N) is 6. The molecule has 0 fully saturated rings. The Morgan fingerprint density at radius 3 is 1.44 bits per heavy atom. The predicted octanol–water partition coefficient (Wildman–Crippen LogP) is 6.47. The molecule has 0 aromatic heterocycles. The van der Waals surface area contributed by atoms with Crippen LogP contribution in [0.1, 0.15) is 57.1 Å². The van der Waals surface area contributed by atoms with Gasteiger partial charge in [-0.15, -0.1) is 0 Å². The fraction of sp³-hybridized carbons (Fsp3) is 0.529. The third-order valence-corrected chi connectivity index (χ3v) is 9.96. The molecule has 16 nitrogen and oxygen atoms in total. The van der Waals surface area contributed by atoms with Crippen molar-refractivity contribution in [1.29, 1.82) is 0 Å². The number of carbonyl (C=O) groups is 4. The average molecular weight is 763 g/mol. The van der Waals surface area contributed by atoms with Gasteiger partial charge in [-0.2, -0.15) is 0 Å². The summed E-state index contributed by atoms with van der Waals surface area (Å²) >= 11 is 1.48. The van der Waals surface area contributed by atoms with Crippen molar-refractivity contribution in [2.45, 2.75) is 64.1 Å². The topological polar surface area (TPSA) is 149 Å². The molecule has 3 atom stereocenters. The van der Waals surface area contributed by atoms with Crippen LogP contribution in [0.25, 0.3) is 0 Å². The first kappa shape index (κ1) is 40.5. The van der Waals surface area contributed by atoms with Crippen molar-refractivity contribution in [2.24, 2.45) is 0 Å². The zero-order valence-corrected chi connectivity index (χ0v) is 33.4. The lowest BCUT2D eigenvalue weighted by atomic mass is 9.98. The van der Waals surface area contributed by atoms with Gasteiger partial charge in [0.25, 0.3) is 5.79 Å². The second kappa shape index (κ2) is 16.6. The Hall–Kier alpha value is -4.26. The van der Waals surface area contributed by atoms with Crippen molar-refractivity contribution in [2.75, 3.05) is 67.0 Å². The number of amides is 4. The van der Waals surface area contributed by atoms with E-state index >= 15 is 0 Å². The first-order valence-corrected chi connectivity index (χ1v) is 18.1. The molecule has 0 saturated heterocycles. The van der Waals surface area contributed by atoms with Crippen molar-refractivity contribution in [1.82, 2.24) is 27.0 Å². The second-order valence-electron chi connectivity index (χ2n) is 13.6. The van der Waals surface area contributed by atoms with Gasteiger partial charge < -0.3 is 29.6 Å². The minimum atomic E-state index is -2.09. The molecular weight excluding hydrogens is 713 g/mol. The number of carbonyl (C=O) groups excluding carboxylic acids is 4. The highest BCUT2D eigenvalue weighted by atomic mass is 32.2. The van der Waals surface area contributed by atoms with Gasteiger partial charge in [0.1, 0.15) is 11.5 Å².